The first-order chi connectivity index (χ1) is 9.54. The summed E-state index contributed by atoms with van der Waals surface area (Å²) in [6.07, 6.45) is -0.0680. The summed E-state index contributed by atoms with van der Waals surface area (Å²) in [5.74, 6) is -1.24. The number of amides is 1. The molecule has 1 aromatic carbocycles. The van der Waals surface area contributed by atoms with Gasteiger partial charge in [0.2, 0.25) is 5.82 Å². The summed E-state index contributed by atoms with van der Waals surface area (Å²) in [5.41, 5.74) is -0.0922. The van der Waals surface area contributed by atoms with Crippen molar-refractivity contribution in [1.29, 1.82) is 0 Å². The summed E-state index contributed by atoms with van der Waals surface area (Å²) in [6.45, 7) is 2.24. The van der Waals surface area contributed by atoms with Gasteiger partial charge in [0.05, 0.1) is 0 Å². The summed E-state index contributed by atoms with van der Waals surface area (Å²) >= 11 is 0. The van der Waals surface area contributed by atoms with E-state index in [1.807, 2.05) is 0 Å². The SMILES string of the molecule is CCNC(=O)c1nnc(Cc2c(F)cccc2F)n1C. The van der Waals surface area contributed by atoms with E-state index in [-0.39, 0.29) is 23.7 Å². The maximum atomic E-state index is 13.6. The summed E-state index contributed by atoms with van der Waals surface area (Å²) in [5, 5.41) is 10.2. The van der Waals surface area contributed by atoms with Crippen molar-refractivity contribution >= 4 is 5.91 Å². The van der Waals surface area contributed by atoms with Gasteiger partial charge in [-0.25, -0.2) is 8.78 Å². The lowest BCUT2D eigenvalue weighted by Crippen LogP contribution is -2.26. The first kappa shape index (κ1) is 14.1. The topological polar surface area (TPSA) is 59.8 Å². The van der Waals surface area contributed by atoms with Gasteiger partial charge in [0.15, 0.2) is 0 Å². The Morgan fingerprint density at radius 1 is 1.30 bits per heavy atom. The van der Waals surface area contributed by atoms with E-state index in [4.69, 9.17) is 0 Å². The summed E-state index contributed by atoms with van der Waals surface area (Å²) in [7, 11) is 1.58. The second kappa shape index (κ2) is 5.77. The quantitative estimate of drug-likeness (QED) is 0.921. The van der Waals surface area contributed by atoms with Crippen LogP contribution in [0.4, 0.5) is 8.78 Å². The maximum Gasteiger partial charge on any atom is 0.289 e. The normalized spacial score (nSPS) is 10.6. The third-order valence-corrected chi connectivity index (χ3v) is 2.90. The van der Waals surface area contributed by atoms with E-state index in [0.29, 0.717) is 12.4 Å². The molecule has 0 unspecified atom stereocenters. The summed E-state index contributed by atoms with van der Waals surface area (Å²) in [6, 6.07) is 3.66. The second-order valence-electron chi connectivity index (χ2n) is 4.24. The minimum atomic E-state index is -0.646. The standard InChI is InChI=1S/C13H14F2N4O/c1-3-16-13(20)12-18-17-11(19(12)2)7-8-9(14)5-4-6-10(8)15/h4-6H,3,7H2,1-2H3,(H,16,20). The van der Waals surface area contributed by atoms with Crippen LogP contribution in [0.3, 0.4) is 0 Å². The first-order valence-electron chi connectivity index (χ1n) is 6.14. The monoisotopic (exact) mass is 280 g/mol. The van der Waals surface area contributed by atoms with Crippen molar-refractivity contribution in [3.63, 3.8) is 0 Å². The lowest BCUT2D eigenvalue weighted by molar-refractivity contribution is 0.0941. The fourth-order valence-corrected chi connectivity index (χ4v) is 1.81. The van der Waals surface area contributed by atoms with E-state index in [1.165, 1.54) is 22.8 Å². The van der Waals surface area contributed by atoms with Crippen LogP contribution in [-0.4, -0.2) is 27.2 Å². The van der Waals surface area contributed by atoms with Crippen LogP contribution >= 0.6 is 0 Å². The average Bonchev–Trinajstić information content (AvgIpc) is 2.76. The van der Waals surface area contributed by atoms with E-state index in [2.05, 4.69) is 15.5 Å². The highest BCUT2D eigenvalue weighted by Crippen LogP contribution is 2.16. The van der Waals surface area contributed by atoms with E-state index in [9.17, 15) is 13.6 Å². The van der Waals surface area contributed by atoms with Gasteiger partial charge in [-0.3, -0.25) is 4.79 Å². The van der Waals surface area contributed by atoms with E-state index < -0.39 is 11.6 Å². The first-order valence-corrected chi connectivity index (χ1v) is 6.14. The number of aromatic nitrogens is 3. The number of carbonyl (C=O) groups excluding carboxylic acids is 1. The maximum absolute atomic E-state index is 13.6. The van der Waals surface area contributed by atoms with Gasteiger partial charge in [0.25, 0.3) is 5.91 Å². The lowest BCUT2D eigenvalue weighted by atomic mass is 10.1. The molecule has 0 aliphatic rings. The molecule has 20 heavy (non-hydrogen) atoms. The molecule has 0 spiro atoms. The molecule has 1 amide bonds. The van der Waals surface area contributed by atoms with Crippen LogP contribution in [0.25, 0.3) is 0 Å². The Kier molecular flexibility index (Phi) is 4.07. The third-order valence-electron chi connectivity index (χ3n) is 2.90. The molecule has 0 radical (unpaired) electrons. The van der Waals surface area contributed by atoms with Crippen LogP contribution in [0, 0.1) is 11.6 Å². The van der Waals surface area contributed by atoms with Gasteiger partial charge in [0.1, 0.15) is 17.5 Å². The predicted octanol–water partition coefficient (Wildman–Crippen LogP) is 1.43. The van der Waals surface area contributed by atoms with E-state index in [0.717, 1.165) is 0 Å². The smallest absolute Gasteiger partial charge is 0.289 e. The molecule has 0 bridgehead atoms. The molecule has 7 heteroatoms. The zero-order chi connectivity index (χ0) is 14.7. The van der Waals surface area contributed by atoms with E-state index >= 15 is 0 Å². The molecule has 0 atom stereocenters. The number of hydrogen-bond donors (Lipinski definition) is 1. The number of hydrogen-bond acceptors (Lipinski definition) is 3. The Morgan fingerprint density at radius 3 is 2.55 bits per heavy atom. The van der Waals surface area contributed by atoms with Crippen LogP contribution < -0.4 is 5.32 Å². The Morgan fingerprint density at radius 2 is 1.95 bits per heavy atom. The largest absolute Gasteiger partial charge is 0.350 e. The molecule has 0 aliphatic carbocycles. The molecule has 2 rings (SSSR count). The van der Waals surface area contributed by atoms with Crippen LogP contribution in [0.2, 0.25) is 0 Å². The molecule has 0 aliphatic heterocycles. The second-order valence-corrected chi connectivity index (χ2v) is 4.24. The number of nitrogens with one attached hydrogen (secondary N) is 1. The van der Waals surface area contributed by atoms with Crippen molar-refractivity contribution in [2.75, 3.05) is 6.54 Å². The van der Waals surface area contributed by atoms with Gasteiger partial charge in [-0.2, -0.15) is 0 Å². The van der Waals surface area contributed by atoms with Gasteiger partial charge >= 0.3 is 0 Å². The highest BCUT2D eigenvalue weighted by Gasteiger charge is 2.18. The Balaban J connectivity index is 2.29. The zero-order valence-corrected chi connectivity index (χ0v) is 11.2. The minimum Gasteiger partial charge on any atom is -0.350 e. The Labute approximate surface area is 114 Å². The molecular formula is C13H14F2N4O. The fraction of sp³-hybridized carbons (Fsp3) is 0.308. The molecule has 5 nitrogen and oxygen atoms in total. The van der Waals surface area contributed by atoms with Crippen molar-refractivity contribution in [3.8, 4) is 0 Å². The van der Waals surface area contributed by atoms with E-state index in [1.54, 1.807) is 14.0 Å². The molecule has 0 saturated carbocycles. The van der Waals surface area contributed by atoms with Crippen LogP contribution in [0.1, 0.15) is 28.9 Å². The van der Waals surface area contributed by atoms with Crippen molar-refractivity contribution < 1.29 is 13.6 Å². The molecule has 106 valence electrons. The third kappa shape index (κ3) is 2.66. The number of benzene rings is 1. The van der Waals surface area contributed by atoms with Gasteiger partial charge in [-0.1, -0.05) is 6.07 Å². The van der Waals surface area contributed by atoms with Crippen molar-refractivity contribution in [1.82, 2.24) is 20.1 Å². The van der Waals surface area contributed by atoms with Gasteiger partial charge in [0, 0.05) is 25.6 Å². The number of halogens is 2. The lowest BCUT2D eigenvalue weighted by Gasteiger charge is -2.06. The highest BCUT2D eigenvalue weighted by atomic mass is 19.1. The number of rotatable bonds is 4. The van der Waals surface area contributed by atoms with Gasteiger partial charge in [-0.15, -0.1) is 10.2 Å². The van der Waals surface area contributed by atoms with Gasteiger partial charge < -0.3 is 9.88 Å². The molecular weight excluding hydrogens is 266 g/mol. The van der Waals surface area contributed by atoms with Crippen molar-refractivity contribution in [3.05, 3.63) is 47.0 Å². The predicted molar refractivity (Wildman–Crippen MR) is 68.2 cm³/mol. The highest BCUT2D eigenvalue weighted by molar-refractivity contribution is 5.90. The molecule has 1 N–H and O–H groups in total. The Hall–Kier alpha value is -2.31. The zero-order valence-electron chi connectivity index (χ0n) is 11.2. The molecule has 2 aromatic rings. The average molecular weight is 280 g/mol. The Bertz CT molecular complexity index is 619. The number of carbonyl (C=O) groups is 1. The van der Waals surface area contributed by atoms with Crippen LogP contribution in [0.15, 0.2) is 18.2 Å². The molecule has 1 heterocycles. The van der Waals surface area contributed by atoms with Crippen molar-refractivity contribution in [2.45, 2.75) is 13.3 Å². The van der Waals surface area contributed by atoms with Gasteiger partial charge in [-0.05, 0) is 19.1 Å². The summed E-state index contributed by atoms with van der Waals surface area (Å²) < 4.78 is 28.6. The molecule has 0 fully saturated rings. The molecule has 1 aromatic heterocycles. The van der Waals surface area contributed by atoms with Crippen LogP contribution in [0.5, 0.6) is 0 Å². The van der Waals surface area contributed by atoms with Crippen molar-refractivity contribution in [2.24, 2.45) is 7.05 Å². The fourth-order valence-electron chi connectivity index (χ4n) is 1.81. The number of nitrogens with zero attached hydrogens (tertiary/aromatic N) is 3. The minimum absolute atomic E-state index is 0.0680. The van der Waals surface area contributed by atoms with Crippen LogP contribution in [-0.2, 0) is 13.5 Å². The summed E-state index contributed by atoms with van der Waals surface area (Å²) in [4.78, 5) is 11.7. The molecule has 0 saturated heterocycles.